The smallest absolute Gasteiger partial charge is 0.165 e. The highest BCUT2D eigenvalue weighted by Gasteiger charge is 2.07. The highest BCUT2D eigenvalue weighted by atomic mass is 16.5. The molecule has 0 saturated carbocycles. The molecule has 0 N–H and O–H groups in total. The lowest BCUT2D eigenvalue weighted by molar-refractivity contribution is 0.281. The first-order valence-corrected chi connectivity index (χ1v) is 5.18. The lowest BCUT2D eigenvalue weighted by Crippen LogP contribution is -2.10. The van der Waals surface area contributed by atoms with Gasteiger partial charge in [-0.2, -0.15) is 5.10 Å². The van der Waals surface area contributed by atoms with Crippen LogP contribution in [0.5, 0.6) is 5.75 Å². The Morgan fingerprint density at radius 1 is 1.44 bits per heavy atom. The fourth-order valence-corrected chi connectivity index (χ4v) is 1.39. The van der Waals surface area contributed by atoms with Crippen molar-refractivity contribution in [3.63, 3.8) is 0 Å². The van der Waals surface area contributed by atoms with Crippen LogP contribution in [0.15, 0.2) is 30.9 Å². The Hall–Kier alpha value is -1.91. The Balaban J connectivity index is 2.02. The zero-order valence-electron chi connectivity index (χ0n) is 9.37. The van der Waals surface area contributed by atoms with Gasteiger partial charge in [-0.05, 0) is 26.0 Å². The third kappa shape index (κ3) is 2.36. The van der Waals surface area contributed by atoms with Crippen molar-refractivity contribution in [1.29, 1.82) is 0 Å². The first-order valence-electron chi connectivity index (χ1n) is 5.18. The number of hydrogen-bond acceptors (Lipinski definition) is 4. The number of aromatic nitrogens is 4. The van der Waals surface area contributed by atoms with Gasteiger partial charge < -0.3 is 4.74 Å². The van der Waals surface area contributed by atoms with E-state index in [9.17, 15) is 0 Å². The maximum absolute atomic E-state index is 5.56. The van der Waals surface area contributed by atoms with E-state index in [1.807, 2.05) is 16.8 Å². The lowest BCUT2D eigenvalue weighted by atomic mass is 10.4. The molecule has 0 radical (unpaired) electrons. The van der Waals surface area contributed by atoms with Gasteiger partial charge in [0.15, 0.2) is 5.82 Å². The Morgan fingerprint density at radius 3 is 3.00 bits per heavy atom. The van der Waals surface area contributed by atoms with E-state index in [0.29, 0.717) is 6.61 Å². The second-order valence-electron chi connectivity index (χ2n) is 3.69. The Labute approximate surface area is 94.1 Å². The van der Waals surface area contributed by atoms with Crippen LogP contribution in [0, 0.1) is 0 Å². The van der Waals surface area contributed by atoms with Crippen molar-refractivity contribution in [2.75, 3.05) is 0 Å². The summed E-state index contributed by atoms with van der Waals surface area (Å²) in [5.41, 5.74) is 0. The van der Waals surface area contributed by atoms with E-state index in [0.717, 1.165) is 11.6 Å². The molecule has 0 aromatic carbocycles. The molecule has 2 aromatic heterocycles. The van der Waals surface area contributed by atoms with E-state index < -0.39 is 0 Å². The number of ether oxygens (including phenoxy) is 1. The topological polar surface area (TPSA) is 52.8 Å². The molecule has 0 fully saturated rings. The molecule has 0 amide bonds. The first-order chi connectivity index (χ1) is 7.77. The summed E-state index contributed by atoms with van der Waals surface area (Å²) < 4.78 is 7.40. The zero-order valence-corrected chi connectivity index (χ0v) is 9.37. The molecule has 0 aliphatic heterocycles. The maximum Gasteiger partial charge on any atom is 0.165 e. The molecule has 0 saturated heterocycles. The van der Waals surface area contributed by atoms with Crippen LogP contribution in [0.1, 0.15) is 25.7 Å². The van der Waals surface area contributed by atoms with Crippen molar-refractivity contribution >= 4 is 0 Å². The van der Waals surface area contributed by atoms with Gasteiger partial charge in [-0.3, -0.25) is 4.98 Å². The highest BCUT2D eigenvalue weighted by Crippen LogP contribution is 2.10. The summed E-state index contributed by atoms with van der Waals surface area (Å²) in [5.74, 6) is 1.56. The highest BCUT2D eigenvalue weighted by molar-refractivity contribution is 5.15. The Bertz CT molecular complexity index is 438. The third-order valence-electron chi connectivity index (χ3n) is 2.14. The molecule has 16 heavy (non-hydrogen) atoms. The number of hydrogen-bond donors (Lipinski definition) is 0. The molecule has 2 aromatic rings. The van der Waals surface area contributed by atoms with Crippen LogP contribution in [0.4, 0.5) is 0 Å². The average molecular weight is 218 g/mol. The van der Waals surface area contributed by atoms with Crippen molar-refractivity contribution < 1.29 is 4.74 Å². The van der Waals surface area contributed by atoms with Gasteiger partial charge in [0.05, 0.1) is 6.20 Å². The summed E-state index contributed by atoms with van der Waals surface area (Å²) in [6, 6.07) is 3.99. The van der Waals surface area contributed by atoms with Crippen LogP contribution in [-0.4, -0.2) is 19.7 Å². The summed E-state index contributed by atoms with van der Waals surface area (Å²) >= 11 is 0. The molecular formula is C11H14N4O. The van der Waals surface area contributed by atoms with E-state index >= 15 is 0 Å². The monoisotopic (exact) mass is 218 g/mol. The normalized spacial score (nSPS) is 10.7. The summed E-state index contributed by atoms with van der Waals surface area (Å²) in [5, 5.41) is 4.14. The molecule has 0 bridgehead atoms. The van der Waals surface area contributed by atoms with Crippen LogP contribution in [0.2, 0.25) is 0 Å². The second-order valence-corrected chi connectivity index (χ2v) is 3.69. The summed E-state index contributed by atoms with van der Waals surface area (Å²) in [7, 11) is 0. The minimum absolute atomic E-state index is 0.287. The van der Waals surface area contributed by atoms with Crippen LogP contribution >= 0.6 is 0 Å². The third-order valence-corrected chi connectivity index (χ3v) is 2.14. The molecule has 0 atom stereocenters. The van der Waals surface area contributed by atoms with Crippen LogP contribution in [-0.2, 0) is 6.61 Å². The minimum Gasteiger partial charge on any atom is -0.484 e. The molecule has 5 nitrogen and oxygen atoms in total. The standard InChI is InChI=1S/C11H14N4O/c1-9(2)15-11(13-8-14-15)7-16-10-4-3-5-12-6-10/h3-6,8-9H,7H2,1-2H3. The summed E-state index contributed by atoms with van der Waals surface area (Å²) in [4.78, 5) is 8.13. The maximum atomic E-state index is 5.56. The molecule has 84 valence electrons. The van der Waals surface area contributed by atoms with Crippen molar-refractivity contribution in [2.45, 2.75) is 26.5 Å². The molecule has 5 heteroatoms. The van der Waals surface area contributed by atoms with E-state index in [2.05, 4.69) is 28.9 Å². The van der Waals surface area contributed by atoms with Gasteiger partial charge in [0.1, 0.15) is 18.7 Å². The fourth-order valence-electron chi connectivity index (χ4n) is 1.39. The summed E-state index contributed by atoms with van der Waals surface area (Å²) in [6.45, 7) is 4.52. The second kappa shape index (κ2) is 4.74. The fraction of sp³-hybridized carbons (Fsp3) is 0.364. The number of rotatable bonds is 4. The lowest BCUT2D eigenvalue weighted by Gasteiger charge is -2.09. The van der Waals surface area contributed by atoms with Crippen LogP contribution in [0.25, 0.3) is 0 Å². The van der Waals surface area contributed by atoms with Crippen LogP contribution < -0.4 is 4.74 Å². The van der Waals surface area contributed by atoms with Gasteiger partial charge in [-0.25, -0.2) is 9.67 Å². The number of pyridine rings is 1. The van der Waals surface area contributed by atoms with Gasteiger partial charge in [-0.15, -0.1) is 0 Å². The summed E-state index contributed by atoms with van der Waals surface area (Å²) in [6.07, 6.45) is 4.93. The molecule has 0 spiro atoms. The van der Waals surface area contributed by atoms with Crippen molar-refractivity contribution in [1.82, 2.24) is 19.7 Å². The zero-order chi connectivity index (χ0) is 11.4. The van der Waals surface area contributed by atoms with E-state index in [-0.39, 0.29) is 6.04 Å². The van der Waals surface area contributed by atoms with E-state index in [1.165, 1.54) is 0 Å². The van der Waals surface area contributed by atoms with E-state index in [4.69, 9.17) is 4.74 Å². The molecule has 0 unspecified atom stereocenters. The van der Waals surface area contributed by atoms with Crippen molar-refractivity contribution in [3.05, 3.63) is 36.7 Å². The predicted octanol–water partition coefficient (Wildman–Crippen LogP) is 1.83. The SMILES string of the molecule is CC(C)n1ncnc1COc1cccnc1. The molecule has 2 heterocycles. The Morgan fingerprint density at radius 2 is 2.31 bits per heavy atom. The largest absolute Gasteiger partial charge is 0.484 e. The van der Waals surface area contributed by atoms with Gasteiger partial charge in [0.2, 0.25) is 0 Å². The van der Waals surface area contributed by atoms with Crippen LogP contribution in [0.3, 0.4) is 0 Å². The van der Waals surface area contributed by atoms with Gasteiger partial charge >= 0.3 is 0 Å². The van der Waals surface area contributed by atoms with Crippen molar-refractivity contribution in [2.24, 2.45) is 0 Å². The minimum atomic E-state index is 0.287. The van der Waals surface area contributed by atoms with E-state index in [1.54, 1.807) is 18.7 Å². The first kappa shape index (κ1) is 10.6. The van der Waals surface area contributed by atoms with Crippen molar-refractivity contribution in [3.8, 4) is 5.75 Å². The van der Waals surface area contributed by atoms with Gasteiger partial charge in [-0.1, -0.05) is 0 Å². The predicted molar refractivity (Wildman–Crippen MR) is 59.0 cm³/mol. The van der Waals surface area contributed by atoms with Gasteiger partial charge in [0, 0.05) is 12.2 Å². The molecule has 0 aliphatic rings. The van der Waals surface area contributed by atoms with Gasteiger partial charge in [0.25, 0.3) is 0 Å². The average Bonchev–Trinajstić information content (AvgIpc) is 2.76. The Kier molecular flexibility index (Phi) is 3.14. The quantitative estimate of drug-likeness (QED) is 0.785. The molecular weight excluding hydrogens is 204 g/mol. The number of nitrogens with zero attached hydrogens (tertiary/aromatic N) is 4. The molecule has 2 rings (SSSR count). The molecule has 0 aliphatic carbocycles.